The molecule has 0 spiro atoms. The molecule has 0 heterocycles. The van der Waals surface area contributed by atoms with Gasteiger partial charge in [0, 0.05) is 25.4 Å². The van der Waals surface area contributed by atoms with E-state index in [1.54, 1.807) is 0 Å². The van der Waals surface area contributed by atoms with E-state index in [-0.39, 0.29) is 0 Å². The van der Waals surface area contributed by atoms with Crippen molar-refractivity contribution in [3.05, 3.63) is 0 Å². The third-order valence-corrected chi connectivity index (χ3v) is 5.63. The Kier molecular flexibility index (Phi) is 25.0. The Labute approximate surface area is 152 Å². The van der Waals surface area contributed by atoms with Crippen LogP contribution in [0.15, 0.2) is 0 Å². The molecule has 4 nitrogen and oxygen atoms in total. The molecule has 2 atom stereocenters. The van der Waals surface area contributed by atoms with Crippen LogP contribution in [-0.4, -0.2) is 57.2 Å². The maximum atomic E-state index is 5.48. The summed E-state index contributed by atoms with van der Waals surface area (Å²) in [6.07, 6.45) is 7.69. The van der Waals surface area contributed by atoms with Crippen LogP contribution >= 0.6 is 0 Å². The van der Waals surface area contributed by atoms with Crippen LogP contribution < -0.4 is 0 Å². The molecule has 0 aromatic carbocycles. The first-order chi connectivity index (χ1) is 10.6. The molecule has 0 saturated carbocycles. The standard InChI is InChI=1S/4C4H9O.2Al.2H/c2*1-3-4(2)5;2*1-2-3-4-5;;;;/h2*4H,3H2,1-2H3;2*2-4H2,1H3;;;;/q4*-1;2*+2;;. The largest absolute Gasteiger partial charge is 0.650 e. The second-order valence-electron chi connectivity index (χ2n) is 5.53. The van der Waals surface area contributed by atoms with Crippen LogP contribution in [0.3, 0.4) is 0 Å². The molecule has 132 valence electrons. The molecule has 0 radical (unpaired) electrons. The van der Waals surface area contributed by atoms with Crippen LogP contribution in [0.2, 0.25) is 0 Å². The van der Waals surface area contributed by atoms with Crippen LogP contribution in [0.1, 0.15) is 80.1 Å². The lowest BCUT2D eigenvalue weighted by Crippen LogP contribution is -2.17. The first kappa shape index (κ1) is 25.1. The zero-order valence-corrected chi connectivity index (χ0v) is 18.7. The molecule has 0 aliphatic heterocycles. The fourth-order valence-electron chi connectivity index (χ4n) is 1.18. The van der Waals surface area contributed by atoms with Crippen LogP contribution in [0.25, 0.3) is 0 Å². The molecular formula is C16H38Al2O4. The minimum Gasteiger partial charge on any atom is -0.481 e. The summed E-state index contributed by atoms with van der Waals surface area (Å²) in [5.74, 6) is 0. The van der Waals surface area contributed by atoms with Crippen molar-refractivity contribution in [1.29, 1.82) is 0 Å². The Morgan fingerprint density at radius 1 is 0.682 bits per heavy atom. The van der Waals surface area contributed by atoms with Crippen molar-refractivity contribution in [2.45, 2.75) is 92.3 Å². The van der Waals surface area contributed by atoms with Gasteiger partial charge in [0.05, 0.1) is 0 Å². The first-order valence-corrected chi connectivity index (χ1v) is 11.3. The highest BCUT2D eigenvalue weighted by Crippen LogP contribution is 1.98. The first-order valence-electron chi connectivity index (χ1n) is 9.00. The molecular weight excluding hydrogens is 310 g/mol. The molecule has 0 bridgehead atoms. The zero-order valence-electron chi connectivity index (χ0n) is 15.9. The van der Waals surface area contributed by atoms with E-state index in [1.165, 1.54) is 25.7 Å². The molecule has 0 N–H and O–H groups in total. The molecule has 6 heteroatoms. The predicted molar refractivity (Wildman–Crippen MR) is 97.7 cm³/mol. The van der Waals surface area contributed by atoms with Crippen LogP contribution in [0.4, 0.5) is 0 Å². The summed E-state index contributed by atoms with van der Waals surface area (Å²) < 4.78 is 21.6. The van der Waals surface area contributed by atoms with Crippen molar-refractivity contribution in [3.63, 3.8) is 0 Å². The van der Waals surface area contributed by atoms with Gasteiger partial charge in [-0.2, -0.15) is 0 Å². The quantitative estimate of drug-likeness (QED) is 0.354. The van der Waals surface area contributed by atoms with Crippen LogP contribution in [0.5, 0.6) is 0 Å². The van der Waals surface area contributed by atoms with E-state index < -0.39 is 31.8 Å². The Balaban J connectivity index is 0. The summed E-state index contributed by atoms with van der Waals surface area (Å²) in [4.78, 5) is 0. The summed E-state index contributed by atoms with van der Waals surface area (Å²) in [7, 11) is 0. The molecule has 2 unspecified atom stereocenters. The highest BCUT2D eigenvalue weighted by Gasteiger charge is 2.05. The number of rotatable bonds is 14. The smallest absolute Gasteiger partial charge is 0.481 e. The Morgan fingerprint density at radius 3 is 1.41 bits per heavy atom. The molecule has 0 aliphatic rings. The van der Waals surface area contributed by atoms with Crippen molar-refractivity contribution in [1.82, 2.24) is 0 Å². The third kappa shape index (κ3) is 23.2. The number of hydrogen-bond acceptors (Lipinski definition) is 4. The summed E-state index contributed by atoms with van der Waals surface area (Å²) >= 11 is -1.33. The monoisotopic (exact) mass is 348 g/mol. The highest BCUT2D eigenvalue weighted by atomic mass is 27.2. The van der Waals surface area contributed by atoms with E-state index in [9.17, 15) is 0 Å². The van der Waals surface area contributed by atoms with E-state index >= 15 is 0 Å². The third-order valence-electron chi connectivity index (χ3n) is 3.31. The zero-order chi connectivity index (χ0) is 17.1. The molecule has 0 aromatic heterocycles. The van der Waals surface area contributed by atoms with Gasteiger partial charge in [0.1, 0.15) is 0 Å². The average Bonchev–Trinajstić information content (AvgIpc) is 2.54. The fraction of sp³-hybridized carbons (Fsp3) is 1.00. The molecule has 0 saturated heterocycles. The van der Waals surface area contributed by atoms with Gasteiger partial charge in [0.15, 0.2) is 0 Å². The van der Waals surface area contributed by atoms with Gasteiger partial charge < -0.3 is 15.2 Å². The summed E-state index contributed by atoms with van der Waals surface area (Å²) in [5, 5.41) is 0. The lowest BCUT2D eigenvalue weighted by Gasteiger charge is -2.13. The van der Waals surface area contributed by atoms with Crippen molar-refractivity contribution in [3.8, 4) is 0 Å². The SMILES string of the molecule is CCC(C)[O][AlH][O]C(C)CC.CCCC[O][AlH][O]CCCC. The second kappa shape index (κ2) is 21.9. The van der Waals surface area contributed by atoms with Gasteiger partial charge >= 0.3 is 31.8 Å². The van der Waals surface area contributed by atoms with Crippen molar-refractivity contribution >= 4 is 31.8 Å². The Morgan fingerprint density at radius 2 is 1.09 bits per heavy atom. The molecule has 0 aliphatic carbocycles. The van der Waals surface area contributed by atoms with Gasteiger partial charge in [-0.3, -0.25) is 0 Å². The summed E-state index contributed by atoms with van der Waals surface area (Å²) in [6, 6.07) is 0. The van der Waals surface area contributed by atoms with Crippen molar-refractivity contribution in [2.75, 3.05) is 13.2 Å². The lowest BCUT2D eigenvalue weighted by atomic mass is 10.3. The van der Waals surface area contributed by atoms with Gasteiger partial charge in [-0.05, 0) is 39.5 Å². The molecule has 0 aromatic rings. The molecule has 0 amide bonds. The number of unbranched alkanes of at least 4 members (excludes halogenated alkanes) is 2. The van der Waals surface area contributed by atoms with Crippen LogP contribution in [0, 0.1) is 0 Å². The molecule has 0 rings (SSSR count). The predicted octanol–water partition coefficient (Wildman–Crippen LogP) is 3.77. The minimum atomic E-state index is -0.706. The molecule has 0 fully saturated rings. The van der Waals surface area contributed by atoms with Gasteiger partial charge in [0.2, 0.25) is 0 Å². The topological polar surface area (TPSA) is 36.9 Å². The van der Waals surface area contributed by atoms with Crippen LogP contribution in [-0.2, 0) is 15.2 Å². The number of hydrogen-bond donors (Lipinski definition) is 0. The van der Waals surface area contributed by atoms with E-state index in [0.29, 0.717) is 12.2 Å². The highest BCUT2D eigenvalue weighted by molar-refractivity contribution is 6.18. The fourth-order valence-corrected chi connectivity index (χ4v) is 2.95. The Bertz CT molecular complexity index is 179. The Hall–Kier alpha value is 0.905. The van der Waals surface area contributed by atoms with E-state index in [4.69, 9.17) is 15.2 Å². The average molecular weight is 348 g/mol. The van der Waals surface area contributed by atoms with Crippen molar-refractivity contribution < 1.29 is 15.2 Å². The van der Waals surface area contributed by atoms with E-state index in [0.717, 1.165) is 26.1 Å². The van der Waals surface area contributed by atoms with E-state index in [1.807, 2.05) is 0 Å². The molecule has 22 heavy (non-hydrogen) atoms. The lowest BCUT2D eigenvalue weighted by molar-refractivity contribution is 0.131. The van der Waals surface area contributed by atoms with Gasteiger partial charge in [-0.25, -0.2) is 0 Å². The van der Waals surface area contributed by atoms with Gasteiger partial charge in [-0.1, -0.05) is 40.5 Å². The van der Waals surface area contributed by atoms with E-state index in [2.05, 4.69) is 41.5 Å². The second-order valence-corrected chi connectivity index (χ2v) is 7.48. The summed E-state index contributed by atoms with van der Waals surface area (Å²) in [5.41, 5.74) is 0. The normalized spacial score (nSPS) is 13.0. The maximum absolute atomic E-state index is 5.48. The minimum absolute atomic E-state index is 0.380. The van der Waals surface area contributed by atoms with Gasteiger partial charge in [-0.15, -0.1) is 0 Å². The van der Waals surface area contributed by atoms with Gasteiger partial charge in [0.25, 0.3) is 0 Å². The van der Waals surface area contributed by atoms with Crippen molar-refractivity contribution in [2.24, 2.45) is 0 Å². The summed E-state index contributed by atoms with van der Waals surface area (Å²) in [6.45, 7) is 14.6. The maximum Gasteiger partial charge on any atom is 0.650 e.